The molecule has 1 N–H and O–H groups in total. The molecule has 0 fully saturated rings. The lowest BCUT2D eigenvalue weighted by Gasteiger charge is -2.02. The number of carboxylic acids is 1. The average Bonchev–Trinajstić information content (AvgIpc) is 3.15. The second kappa shape index (κ2) is 8.31. The third-order valence-electron chi connectivity index (χ3n) is 4.74. The zero-order valence-electron chi connectivity index (χ0n) is 15.3. The molecule has 0 spiro atoms. The minimum absolute atomic E-state index is 0.290. The third-order valence-corrected chi connectivity index (χ3v) is 5.80. The van der Waals surface area contributed by atoms with Gasteiger partial charge in [-0.05, 0) is 67.1 Å². The van der Waals surface area contributed by atoms with Crippen LogP contribution >= 0.6 is 11.3 Å². The molecule has 0 aliphatic carbocycles. The molecule has 28 heavy (non-hydrogen) atoms. The molecule has 0 amide bonds. The molecule has 0 unspecified atom stereocenters. The van der Waals surface area contributed by atoms with Gasteiger partial charge in [-0.2, -0.15) is 0 Å². The van der Waals surface area contributed by atoms with E-state index in [9.17, 15) is 4.79 Å². The number of hydrogen-bond donors (Lipinski definition) is 1. The van der Waals surface area contributed by atoms with Gasteiger partial charge in [0.1, 0.15) is 5.01 Å². The fraction of sp³-hybridized carbons (Fsp3) is 0.174. The van der Waals surface area contributed by atoms with Gasteiger partial charge in [-0.15, -0.1) is 11.3 Å². The number of thiazole rings is 1. The molecule has 4 rings (SSSR count). The van der Waals surface area contributed by atoms with Crippen molar-refractivity contribution in [3.8, 4) is 10.6 Å². The Bertz CT molecular complexity index is 1090. The van der Waals surface area contributed by atoms with Crippen molar-refractivity contribution in [1.29, 1.82) is 0 Å². The monoisotopic (exact) mass is 388 g/mol. The first-order valence-corrected chi connectivity index (χ1v) is 10.1. The molecular weight excluding hydrogens is 368 g/mol. The van der Waals surface area contributed by atoms with Gasteiger partial charge in [-0.25, -0.2) is 9.78 Å². The number of rotatable bonds is 7. The predicted octanol–water partition coefficient (Wildman–Crippen LogP) is 5.62. The molecule has 0 saturated carbocycles. The Kier molecular flexibility index (Phi) is 5.44. The van der Waals surface area contributed by atoms with Crippen LogP contribution in [-0.4, -0.2) is 21.0 Å². The van der Waals surface area contributed by atoms with Crippen molar-refractivity contribution in [2.75, 3.05) is 0 Å². The first kappa shape index (κ1) is 18.3. The average molecular weight is 388 g/mol. The minimum atomic E-state index is -0.913. The Labute approximate surface area is 167 Å². The maximum Gasteiger partial charge on any atom is 0.335 e. The molecule has 0 saturated heterocycles. The molecule has 0 radical (unpaired) electrons. The van der Waals surface area contributed by atoms with E-state index in [0.717, 1.165) is 41.8 Å². The minimum Gasteiger partial charge on any atom is -0.478 e. The van der Waals surface area contributed by atoms with Gasteiger partial charge in [0.05, 0.1) is 15.8 Å². The Morgan fingerprint density at radius 3 is 2.46 bits per heavy atom. The fourth-order valence-electron chi connectivity index (χ4n) is 3.21. The first-order chi connectivity index (χ1) is 13.7. The number of carboxylic acid groups (broad SMARTS) is 1. The number of aromatic nitrogens is 2. The third kappa shape index (κ3) is 4.26. The van der Waals surface area contributed by atoms with E-state index in [1.165, 1.54) is 15.8 Å². The Balaban J connectivity index is 1.42. The van der Waals surface area contributed by atoms with E-state index >= 15 is 0 Å². The Morgan fingerprint density at radius 1 is 0.964 bits per heavy atom. The summed E-state index contributed by atoms with van der Waals surface area (Å²) >= 11 is 1.65. The van der Waals surface area contributed by atoms with Gasteiger partial charge in [0.25, 0.3) is 0 Å². The van der Waals surface area contributed by atoms with Gasteiger partial charge in [0.15, 0.2) is 0 Å². The van der Waals surface area contributed by atoms with Crippen molar-refractivity contribution in [3.63, 3.8) is 0 Å². The van der Waals surface area contributed by atoms with Gasteiger partial charge in [-0.3, -0.25) is 4.98 Å². The van der Waals surface area contributed by atoms with Crippen LogP contribution in [-0.2, 0) is 12.8 Å². The molecule has 0 aliphatic rings. The second-order valence-corrected chi connectivity index (χ2v) is 7.80. The van der Waals surface area contributed by atoms with Crippen LogP contribution in [0.25, 0.3) is 20.8 Å². The largest absolute Gasteiger partial charge is 0.478 e. The quantitative estimate of drug-likeness (QED) is 0.417. The summed E-state index contributed by atoms with van der Waals surface area (Å²) in [4.78, 5) is 19.9. The first-order valence-electron chi connectivity index (χ1n) is 9.31. The van der Waals surface area contributed by atoms with E-state index in [1.54, 1.807) is 23.5 Å². The summed E-state index contributed by atoms with van der Waals surface area (Å²) in [6, 6.07) is 17.5. The molecule has 2 aromatic carbocycles. The summed E-state index contributed by atoms with van der Waals surface area (Å²) in [7, 11) is 0. The highest BCUT2D eigenvalue weighted by Gasteiger charge is 2.09. The van der Waals surface area contributed by atoms with Gasteiger partial charge in [-0.1, -0.05) is 24.3 Å². The summed E-state index contributed by atoms with van der Waals surface area (Å²) in [6.07, 6.45) is 8.15. The van der Waals surface area contributed by atoms with Crippen molar-refractivity contribution in [1.82, 2.24) is 9.97 Å². The maximum absolute atomic E-state index is 11.0. The van der Waals surface area contributed by atoms with Gasteiger partial charge in [0, 0.05) is 18.0 Å². The fourth-order valence-corrected chi connectivity index (χ4v) is 4.24. The number of aryl methyl sites for hydroxylation is 2. The van der Waals surface area contributed by atoms with E-state index in [4.69, 9.17) is 10.1 Å². The van der Waals surface area contributed by atoms with Crippen LogP contribution in [0.1, 0.15) is 34.3 Å². The SMILES string of the molecule is O=C(O)c1ccc(-c2nc3ccc(CCCCc4cccnc4)cc3s2)cc1. The van der Waals surface area contributed by atoms with E-state index in [1.807, 2.05) is 30.6 Å². The van der Waals surface area contributed by atoms with Crippen molar-refractivity contribution in [2.45, 2.75) is 25.7 Å². The number of carbonyl (C=O) groups is 1. The van der Waals surface area contributed by atoms with Crippen molar-refractivity contribution >= 4 is 27.5 Å². The number of fused-ring (bicyclic) bond motifs is 1. The zero-order chi connectivity index (χ0) is 19.3. The molecule has 4 nitrogen and oxygen atoms in total. The number of hydrogen-bond acceptors (Lipinski definition) is 4. The number of pyridine rings is 1. The molecule has 2 heterocycles. The normalized spacial score (nSPS) is 11.0. The topological polar surface area (TPSA) is 63.1 Å². The second-order valence-electron chi connectivity index (χ2n) is 6.77. The van der Waals surface area contributed by atoms with Crippen LogP contribution in [0.5, 0.6) is 0 Å². The molecule has 0 aliphatic heterocycles. The lowest BCUT2D eigenvalue weighted by atomic mass is 10.0. The highest BCUT2D eigenvalue weighted by Crippen LogP contribution is 2.31. The summed E-state index contributed by atoms with van der Waals surface area (Å²) in [5, 5.41) is 9.95. The van der Waals surface area contributed by atoms with Gasteiger partial charge >= 0.3 is 5.97 Å². The van der Waals surface area contributed by atoms with Crippen molar-refractivity contribution < 1.29 is 9.90 Å². The predicted molar refractivity (Wildman–Crippen MR) is 113 cm³/mol. The summed E-state index contributed by atoms with van der Waals surface area (Å²) in [5.41, 5.74) is 4.85. The smallest absolute Gasteiger partial charge is 0.335 e. The summed E-state index contributed by atoms with van der Waals surface area (Å²) < 4.78 is 1.17. The van der Waals surface area contributed by atoms with E-state index in [0.29, 0.717) is 5.56 Å². The van der Waals surface area contributed by atoms with E-state index in [2.05, 4.69) is 29.2 Å². The highest BCUT2D eigenvalue weighted by atomic mass is 32.1. The van der Waals surface area contributed by atoms with Crippen LogP contribution < -0.4 is 0 Å². The highest BCUT2D eigenvalue weighted by molar-refractivity contribution is 7.21. The van der Waals surface area contributed by atoms with Crippen LogP contribution in [0.2, 0.25) is 0 Å². The van der Waals surface area contributed by atoms with Gasteiger partial charge < -0.3 is 5.11 Å². The van der Waals surface area contributed by atoms with Crippen molar-refractivity contribution in [2.24, 2.45) is 0 Å². The van der Waals surface area contributed by atoms with Crippen LogP contribution in [0, 0.1) is 0 Å². The van der Waals surface area contributed by atoms with E-state index < -0.39 is 5.97 Å². The Morgan fingerprint density at radius 2 is 1.75 bits per heavy atom. The molecule has 0 bridgehead atoms. The molecule has 140 valence electrons. The van der Waals surface area contributed by atoms with E-state index in [-0.39, 0.29) is 0 Å². The van der Waals surface area contributed by atoms with Crippen LogP contribution in [0.3, 0.4) is 0 Å². The van der Waals surface area contributed by atoms with Crippen LogP contribution in [0.15, 0.2) is 67.0 Å². The maximum atomic E-state index is 11.0. The van der Waals surface area contributed by atoms with Gasteiger partial charge in [0.2, 0.25) is 0 Å². The summed E-state index contributed by atoms with van der Waals surface area (Å²) in [6.45, 7) is 0. The number of aromatic carboxylic acids is 1. The zero-order valence-corrected chi connectivity index (χ0v) is 16.2. The van der Waals surface area contributed by atoms with Crippen molar-refractivity contribution in [3.05, 3.63) is 83.7 Å². The molecule has 0 atom stereocenters. The molecular formula is C23H20N2O2S. The lowest BCUT2D eigenvalue weighted by Crippen LogP contribution is -1.94. The molecule has 2 aromatic heterocycles. The number of unbranched alkanes of at least 4 members (excludes halogenated alkanes) is 1. The lowest BCUT2D eigenvalue weighted by molar-refractivity contribution is 0.0697. The number of nitrogens with zero attached hydrogens (tertiary/aromatic N) is 2. The number of benzene rings is 2. The molecule has 5 heteroatoms. The standard InChI is InChI=1S/C23H20N2O2S/c26-23(27)19-10-8-18(9-11-19)22-25-20-12-7-16(14-21(20)28-22)4-1-2-5-17-6-3-13-24-15-17/h3,6-15H,1-2,4-5H2,(H,26,27). The Hall–Kier alpha value is -3.05. The summed E-state index contributed by atoms with van der Waals surface area (Å²) in [5.74, 6) is -0.913. The van der Waals surface area contributed by atoms with Crippen LogP contribution in [0.4, 0.5) is 0 Å². The molecule has 4 aromatic rings.